The Balaban J connectivity index is 1.71. The molecule has 8 nitrogen and oxygen atoms in total. The van der Waals surface area contributed by atoms with Gasteiger partial charge in [0, 0.05) is 25.8 Å². The highest BCUT2D eigenvalue weighted by atomic mass is 32.2. The average Bonchev–Trinajstić information content (AvgIpc) is 2.79. The first kappa shape index (κ1) is 21.9. The van der Waals surface area contributed by atoms with Crippen LogP contribution in [0.2, 0.25) is 0 Å². The standard InChI is InChI=1S/C21H24N2O6S/c1-16(20(24)22(2)18-8-4-3-5-9-18)29-21(25)17-7-6-10-19(15-17)30(26,27)23-11-13-28-14-12-23/h3-10,15-16H,11-14H2,1-2H3. The Hall–Kier alpha value is -2.75. The van der Waals surface area contributed by atoms with Crippen LogP contribution in [-0.2, 0) is 24.3 Å². The molecule has 1 heterocycles. The minimum absolute atomic E-state index is 0.000710. The largest absolute Gasteiger partial charge is 0.449 e. The Morgan fingerprint density at radius 2 is 1.73 bits per heavy atom. The van der Waals surface area contributed by atoms with E-state index in [0.717, 1.165) is 0 Å². The van der Waals surface area contributed by atoms with Crippen LogP contribution in [0.1, 0.15) is 17.3 Å². The molecule has 0 bridgehead atoms. The average molecular weight is 432 g/mol. The molecule has 1 aliphatic heterocycles. The summed E-state index contributed by atoms with van der Waals surface area (Å²) in [6.45, 7) is 2.65. The van der Waals surface area contributed by atoms with Crippen LogP contribution >= 0.6 is 0 Å². The molecule has 3 rings (SSSR count). The molecule has 0 spiro atoms. The smallest absolute Gasteiger partial charge is 0.338 e. The number of esters is 1. The third-order valence-electron chi connectivity index (χ3n) is 4.78. The number of morpholine rings is 1. The third kappa shape index (κ3) is 4.86. The number of likely N-dealkylation sites (N-methyl/N-ethyl adjacent to an activating group) is 1. The zero-order valence-electron chi connectivity index (χ0n) is 16.9. The van der Waals surface area contributed by atoms with Gasteiger partial charge in [-0.15, -0.1) is 0 Å². The number of ether oxygens (including phenoxy) is 2. The molecule has 9 heteroatoms. The topological polar surface area (TPSA) is 93.2 Å². The fourth-order valence-corrected chi connectivity index (χ4v) is 4.50. The Bertz CT molecular complexity index is 1000. The van der Waals surface area contributed by atoms with Gasteiger partial charge in [-0.05, 0) is 37.3 Å². The van der Waals surface area contributed by atoms with Crippen LogP contribution in [0, 0.1) is 0 Å². The van der Waals surface area contributed by atoms with E-state index in [-0.39, 0.29) is 23.5 Å². The van der Waals surface area contributed by atoms with Gasteiger partial charge in [0.25, 0.3) is 5.91 Å². The molecule has 1 atom stereocenters. The molecular weight excluding hydrogens is 408 g/mol. The second-order valence-electron chi connectivity index (χ2n) is 6.82. The van der Waals surface area contributed by atoms with Crippen molar-refractivity contribution in [3.8, 4) is 0 Å². The van der Waals surface area contributed by atoms with Crippen molar-refractivity contribution in [2.45, 2.75) is 17.9 Å². The van der Waals surface area contributed by atoms with Gasteiger partial charge in [-0.1, -0.05) is 24.3 Å². The van der Waals surface area contributed by atoms with Crippen molar-refractivity contribution in [2.24, 2.45) is 0 Å². The molecule has 0 N–H and O–H groups in total. The summed E-state index contributed by atoms with van der Waals surface area (Å²) < 4.78 is 37.4. The van der Waals surface area contributed by atoms with E-state index < -0.39 is 28.0 Å². The van der Waals surface area contributed by atoms with E-state index in [0.29, 0.717) is 18.9 Å². The molecule has 0 saturated carbocycles. The van der Waals surface area contributed by atoms with Gasteiger partial charge in [-0.25, -0.2) is 13.2 Å². The molecule has 2 aromatic rings. The molecule has 1 unspecified atom stereocenters. The van der Waals surface area contributed by atoms with Gasteiger partial charge in [0.15, 0.2) is 6.10 Å². The number of carbonyl (C=O) groups excluding carboxylic acids is 2. The fraction of sp³-hybridized carbons (Fsp3) is 0.333. The first-order chi connectivity index (χ1) is 14.3. The molecule has 0 aromatic heterocycles. The van der Waals surface area contributed by atoms with E-state index in [1.165, 1.54) is 40.4 Å². The van der Waals surface area contributed by atoms with Crippen molar-refractivity contribution in [1.82, 2.24) is 4.31 Å². The van der Waals surface area contributed by atoms with E-state index in [1.807, 2.05) is 6.07 Å². The number of amides is 1. The Labute approximate surface area is 176 Å². The van der Waals surface area contributed by atoms with Crippen LogP contribution in [-0.4, -0.2) is 64.1 Å². The summed E-state index contributed by atoms with van der Waals surface area (Å²) in [7, 11) is -2.15. The first-order valence-corrected chi connectivity index (χ1v) is 11.0. The number of benzene rings is 2. The number of rotatable bonds is 6. The monoisotopic (exact) mass is 432 g/mol. The second kappa shape index (κ2) is 9.38. The summed E-state index contributed by atoms with van der Waals surface area (Å²) in [5.41, 5.74) is 0.732. The van der Waals surface area contributed by atoms with Crippen LogP contribution in [0.15, 0.2) is 59.5 Å². The minimum Gasteiger partial charge on any atom is -0.449 e. The fourth-order valence-electron chi connectivity index (χ4n) is 3.05. The van der Waals surface area contributed by atoms with Crippen molar-refractivity contribution in [3.63, 3.8) is 0 Å². The number of hydrogen-bond acceptors (Lipinski definition) is 6. The van der Waals surface area contributed by atoms with E-state index in [1.54, 1.807) is 31.3 Å². The lowest BCUT2D eigenvalue weighted by Gasteiger charge is -2.26. The second-order valence-corrected chi connectivity index (χ2v) is 8.76. The Morgan fingerprint density at radius 3 is 2.40 bits per heavy atom. The molecule has 2 aromatic carbocycles. The first-order valence-electron chi connectivity index (χ1n) is 9.52. The lowest BCUT2D eigenvalue weighted by molar-refractivity contribution is -0.126. The highest BCUT2D eigenvalue weighted by Crippen LogP contribution is 2.20. The lowest BCUT2D eigenvalue weighted by Crippen LogP contribution is -2.40. The predicted octanol–water partition coefficient (Wildman–Crippen LogP) is 1.92. The quantitative estimate of drug-likeness (QED) is 0.648. The number of para-hydroxylation sites is 1. The van der Waals surface area contributed by atoms with Crippen molar-refractivity contribution in [1.29, 1.82) is 0 Å². The van der Waals surface area contributed by atoms with Crippen LogP contribution in [0.5, 0.6) is 0 Å². The zero-order chi connectivity index (χ0) is 21.7. The molecule has 1 fully saturated rings. The lowest BCUT2D eigenvalue weighted by atomic mass is 10.2. The summed E-state index contributed by atoms with van der Waals surface area (Å²) in [5, 5.41) is 0. The maximum atomic E-state index is 12.8. The van der Waals surface area contributed by atoms with Crippen LogP contribution in [0.25, 0.3) is 0 Å². The highest BCUT2D eigenvalue weighted by Gasteiger charge is 2.28. The normalized spacial score (nSPS) is 15.9. The summed E-state index contributed by atoms with van der Waals surface area (Å²) in [5.74, 6) is -1.16. The number of anilines is 1. The van der Waals surface area contributed by atoms with Gasteiger partial charge in [-0.3, -0.25) is 4.79 Å². The number of hydrogen-bond donors (Lipinski definition) is 0. The molecule has 1 amide bonds. The SMILES string of the molecule is CC(OC(=O)c1cccc(S(=O)(=O)N2CCOCC2)c1)C(=O)N(C)c1ccccc1. The van der Waals surface area contributed by atoms with Crippen molar-refractivity contribution < 1.29 is 27.5 Å². The van der Waals surface area contributed by atoms with Crippen LogP contribution in [0.3, 0.4) is 0 Å². The molecule has 30 heavy (non-hydrogen) atoms. The Kier molecular flexibility index (Phi) is 6.86. The van der Waals surface area contributed by atoms with E-state index in [2.05, 4.69) is 0 Å². The van der Waals surface area contributed by atoms with Gasteiger partial charge < -0.3 is 14.4 Å². The predicted molar refractivity (Wildman–Crippen MR) is 111 cm³/mol. The van der Waals surface area contributed by atoms with Gasteiger partial charge in [0.05, 0.1) is 23.7 Å². The number of carbonyl (C=O) groups is 2. The maximum Gasteiger partial charge on any atom is 0.338 e. The minimum atomic E-state index is -3.74. The number of nitrogens with zero attached hydrogens (tertiary/aromatic N) is 2. The number of sulfonamides is 1. The van der Waals surface area contributed by atoms with Gasteiger partial charge in [0.1, 0.15) is 0 Å². The summed E-state index contributed by atoms with van der Waals surface area (Å²) in [6, 6.07) is 14.6. The van der Waals surface area contributed by atoms with Crippen molar-refractivity contribution in [2.75, 3.05) is 38.3 Å². The van der Waals surface area contributed by atoms with Gasteiger partial charge in [-0.2, -0.15) is 4.31 Å². The molecule has 160 valence electrons. The van der Waals surface area contributed by atoms with E-state index in [4.69, 9.17) is 9.47 Å². The molecule has 0 radical (unpaired) electrons. The van der Waals surface area contributed by atoms with E-state index >= 15 is 0 Å². The van der Waals surface area contributed by atoms with Crippen LogP contribution < -0.4 is 4.90 Å². The summed E-state index contributed by atoms with van der Waals surface area (Å²) in [4.78, 5) is 26.5. The van der Waals surface area contributed by atoms with Gasteiger partial charge in [0.2, 0.25) is 10.0 Å². The molecule has 1 saturated heterocycles. The van der Waals surface area contributed by atoms with E-state index in [9.17, 15) is 18.0 Å². The molecule has 0 aliphatic carbocycles. The summed E-state index contributed by atoms with van der Waals surface area (Å²) >= 11 is 0. The highest BCUT2D eigenvalue weighted by molar-refractivity contribution is 7.89. The van der Waals surface area contributed by atoms with Gasteiger partial charge >= 0.3 is 5.97 Å². The zero-order valence-corrected chi connectivity index (χ0v) is 17.7. The Morgan fingerprint density at radius 1 is 1.07 bits per heavy atom. The molecule has 1 aliphatic rings. The van der Waals surface area contributed by atoms with Crippen molar-refractivity contribution in [3.05, 3.63) is 60.2 Å². The maximum absolute atomic E-state index is 12.8. The molecular formula is C21H24N2O6S. The third-order valence-corrected chi connectivity index (χ3v) is 6.68. The summed E-state index contributed by atoms with van der Waals surface area (Å²) in [6.07, 6.45) is -1.04. The van der Waals surface area contributed by atoms with Crippen LogP contribution in [0.4, 0.5) is 5.69 Å². The van der Waals surface area contributed by atoms with Crippen molar-refractivity contribution >= 4 is 27.6 Å².